The quantitative estimate of drug-likeness (QED) is 0.612. The summed E-state index contributed by atoms with van der Waals surface area (Å²) in [6.45, 7) is 10.2. The third-order valence-electron chi connectivity index (χ3n) is 6.94. The number of carbonyl (C=O) groups is 1. The minimum atomic E-state index is -0.469. The molecule has 0 N–H and O–H groups in total. The van der Waals surface area contributed by atoms with Crippen molar-refractivity contribution in [3.05, 3.63) is 29.8 Å². The van der Waals surface area contributed by atoms with E-state index in [1.807, 2.05) is 12.1 Å². The van der Waals surface area contributed by atoms with Gasteiger partial charge < -0.3 is 24.0 Å². The normalized spacial score (nSPS) is 22.9. The van der Waals surface area contributed by atoms with E-state index in [9.17, 15) is 4.79 Å². The van der Waals surface area contributed by atoms with Crippen molar-refractivity contribution in [1.29, 1.82) is 0 Å². The van der Waals surface area contributed by atoms with Crippen LogP contribution in [0.1, 0.15) is 24.8 Å². The van der Waals surface area contributed by atoms with Crippen molar-refractivity contribution in [2.75, 3.05) is 85.9 Å². The fourth-order valence-corrected chi connectivity index (χ4v) is 4.83. The number of hydrogen-bond donors (Lipinski definition) is 0. The predicted octanol–water partition coefficient (Wildman–Crippen LogP) is 1.61. The first-order chi connectivity index (χ1) is 15.2. The zero-order valence-corrected chi connectivity index (χ0v) is 18.9. The second-order valence-electron chi connectivity index (χ2n) is 8.97. The molecule has 3 heterocycles. The summed E-state index contributed by atoms with van der Waals surface area (Å²) in [6, 6.07) is 8.24. The van der Waals surface area contributed by atoms with E-state index in [1.165, 1.54) is 0 Å². The highest BCUT2D eigenvalue weighted by atomic mass is 16.5. The van der Waals surface area contributed by atoms with E-state index < -0.39 is 5.41 Å². The number of amides is 1. The van der Waals surface area contributed by atoms with Gasteiger partial charge in [0, 0.05) is 59.0 Å². The molecule has 3 fully saturated rings. The highest BCUT2D eigenvalue weighted by molar-refractivity contribution is 5.88. The molecule has 1 aromatic rings. The van der Waals surface area contributed by atoms with E-state index in [2.05, 4.69) is 33.9 Å². The molecule has 0 atom stereocenters. The average Bonchev–Trinajstić information content (AvgIpc) is 2.83. The Morgan fingerprint density at radius 3 is 2.26 bits per heavy atom. The van der Waals surface area contributed by atoms with Crippen molar-refractivity contribution in [1.82, 2.24) is 14.7 Å². The Hall–Kier alpha value is -1.67. The highest BCUT2D eigenvalue weighted by Crippen LogP contribution is 2.37. The molecule has 0 unspecified atom stereocenters. The van der Waals surface area contributed by atoms with Crippen LogP contribution in [0.2, 0.25) is 0 Å². The maximum Gasteiger partial charge on any atom is 0.233 e. The summed E-state index contributed by atoms with van der Waals surface area (Å²) in [5, 5.41) is 0. The smallest absolute Gasteiger partial charge is 0.233 e. The van der Waals surface area contributed by atoms with E-state index in [0.29, 0.717) is 19.8 Å². The lowest BCUT2D eigenvalue weighted by Crippen LogP contribution is -2.55. The number of nitrogens with zero attached hydrogens (tertiary/aromatic N) is 3. The molecule has 4 rings (SSSR count). The van der Waals surface area contributed by atoms with Crippen LogP contribution in [0.3, 0.4) is 0 Å². The number of rotatable bonds is 7. The molecule has 3 aliphatic heterocycles. The Labute approximate surface area is 186 Å². The van der Waals surface area contributed by atoms with Crippen molar-refractivity contribution in [2.24, 2.45) is 0 Å². The summed E-state index contributed by atoms with van der Waals surface area (Å²) in [4.78, 5) is 20.4. The third kappa shape index (κ3) is 5.58. The number of carbonyl (C=O) groups excluding carboxylic acids is 1. The van der Waals surface area contributed by atoms with Gasteiger partial charge in [0.25, 0.3) is 0 Å². The lowest BCUT2D eigenvalue weighted by Gasteiger charge is -2.42. The average molecular weight is 432 g/mol. The van der Waals surface area contributed by atoms with Gasteiger partial charge in [-0.25, -0.2) is 0 Å². The summed E-state index contributed by atoms with van der Waals surface area (Å²) in [5.41, 5.74) is 0.628. The van der Waals surface area contributed by atoms with Crippen LogP contribution in [0, 0.1) is 0 Å². The van der Waals surface area contributed by atoms with Crippen molar-refractivity contribution in [2.45, 2.75) is 24.7 Å². The second-order valence-corrected chi connectivity index (χ2v) is 8.97. The van der Waals surface area contributed by atoms with Gasteiger partial charge >= 0.3 is 0 Å². The van der Waals surface area contributed by atoms with Gasteiger partial charge in [0.15, 0.2) is 0 Å². The molecule has 3 saturated heterocycles. The Bertz CT molecular complexity index is 691. The van der Waals surface area contributed by atoms with Gasteiger partial charge in [0.1, 0.15) is 5.75 Å². The van der Waals surface area contributed by atoms with Gasteiger partial charge in [-0.15, -0.1) is 0 Å². The van der Waals surface area contributed by atoms with Crippen LogP contribution >= 0.6 is 0 Å². The standard InChI is InChI=1S/C24H37N3O4/c1-25-10-12-27(13-11-25)23(28)24(7-17-29-18-8-24)21-3-5-22(6-4-21)31-16-2-9-26-14-19-30-20-15-26/h3-6H,2,7-20H2,1H3. The van der Waals surface area contributed by atoms with Gasteiger partial charge in [0.05, 0.1) is 25.2 Å². The van der Waals surface area contributed by atoms with Gasteiger partial charge in [0.2, 0.25) is 5.91 Å². The molecule has 0 aliphatic carbocycles. The molecule has 7 heteroatoms. The molecule has 0 spiro atoms. The Balaban J connectivity index is 1.35. The summed E-state index contributed by atoms with van der Waals surface area (Å²) in [6.07, 6.45) is 2.50. The summed E-state index contributed by atoms with van der Waals surface area (Å²) < 4.78 is 17.0. The lowest BCUT2D eigenvalue weighted by molar-refractivity contribution is -0.143. The van der Waals surface area contributed by atoms with Crippen LogP contribution in [0.15, 0.2) is 24.3 Å². The summed E-state index contributed by atoms with van der Waals surface area (Å²) in [7, 11) is 2.12. The SMILES string of the molecule is CN1CCN(C(=O)C2(c3ccc(OCCCN4CCOCC4)cc3)CCOCC2)CC1. The zero-order chi connectivity index (χ0) is 21.5. The van der Waals surface area contributed by atoms with Crippen molar-refractivity contribution in [3.8, 4) is 5.75 Å². The van der Waals surface area contributed by atoms with Crippen LogP contribution in [-0.4, -0.2) is 107 Å². The number of ether oxygens (including phenoxy) is 3. The molecule has 0 aromatic heterocycles. The van der Waals surface area contributed by atoms with Gasteiger partial charge in [-0.05, 0) is 44.0 Å². The summed E-state index contributed by atoms with van der Waals surface area (Å²) >= 11 is 0. The number of morpholine rings is 1. The van der Waals surface area contributed by atoms with Crippen molar-refractivity contribution >= 4 is 5.91 Å². The Kier molecular flexibility index (Phi) is 7.82. The second kappa shape index (κ2) is 10.8. The molecule has 7 nitrogen and oxygen atoms in total. The minimum Gasteiger partial charge on any atom is -0.494 e. The van der Waals surface area contributed by atoms with Crippen LogP contribution in [0.4, 0.5) is 0 Å². The molecule has 0 saturated carbocycles. The zero-order valence-electron chi connectivity index (χ0n) is 18.9. The maximum atomic E-state index is 13.6. The molecule has 1 amide bonds. The van der Waals surface area contributed by atoms with E-state index >= 15 is 0 Å². The summed E-state index contributed by atoms with van der Waals surface area (Å²) in [5.74, 6) is 1.14. The minimum absolute atomic E-state index is 0.267. The van der Waals surface area contributed by atoms with Crippen molar-refractivity contribution in [3.63, 3.8) is 0 Å². The maximum absolute atomic E-state index is 13.6. The third-order valence-corrected chi connectivity index (χ3v) is 6.94. The highest BCUT2D eigenvalue weighted by Gasteiger charge is 2.44. The molecule has 0 bridgehead atoms. The fraction of sp³-hybridized carbons (Fsp3) is 0.708. The first-order valence-corrected chi connectivity index (χ1v) is 11.8. The van der Waals surface area contributed by atoms with Crippen LogP contribution in [-0.2, 0) is 19.7 Å². The molecular weight excluding hydrogens is 394 g/mol. The van der Waals surface area contributed by atoms with E-state index in [1.54, 1.807) is 0 Å². The molecule has 0 radical (unpaired) electrons. The topological polar surface area (TPSA) is 54.5 Å². The number of likely N-dealkylation sites (N-methyl/N-ethyl adjacent to an activating group) is 1. The van der Waals surface area contributed by atoms with E-state index in [4.69, 9.17) is 14.2 Å². The number of benzene rings is 1. The predicted molar refractivity (Wildman–Crippen MR) is 120 cm³/mol. The first kappa shape index (κ1) is 22.5. The molecular formula is C24H37N3O4. The van der Waals surface area contributed by atoms with E-state index in [-0.39, 0.29) is 5.91 Å². The molecule has 3 aliphatic rings. The monoisotopic (exact) mass is 431 g/mol. The Morgan fingerprint density at radius 2 is 1.58 bits per heavy atom. The number of hydrogen-bond acceptors (Lipinski definition) is 6. The van der Waals surface area contributed by atoms with Gasteiger partial charge in [-0.2, -0.15) is 0 Å². The number of piperazine rings is 1. The molecule has 1 aromatic carbocycles. The Morgan fingerprint density at radius 1 is 0.935 bits per heavy atom. The van der Waals surface area contributed by atoms with E-state index in [0.717, 1.165) is 89.6 Å². The van der Waals surface area contributed by atoms with Crippen LogP contribution in [0.5, 0.6) is 5.75 Å². The largest absolute Gasteiger partial charge is 0.494 e. The molecule has 172 valence electrons. The van der Waals surface area contributed by atoms with Gasteiger partial charge in [-0.1, -0.05) is 12.1 Å². The first-order valence-electron chi connectivity index (χ1n) is 11.8. The van der Waals surface area contributed by atoms with Crippen LogP contribution in [0.25, 0.3) is 0 Å². The lowest BCUT2D eigenvalue weighted by atomic mass is 9.73. The molecule has 31 heavy (non-hydrogen) atoms. The fourth-order valence-electron chi connectivity index (χ4n) is 4.83. The van der Waals surface area contributed by atoms with Crippen LogP contribution < -0.4 is 4.74 Å². The van der Waals surface area contributed by atoms with Crippen molar-refractivity contribution < 1.29 is 19.0 Å². The van der Waals surface area contributed by atoms with Gasteiger partial charge in [-0.3, -0.25) is 9.69 Å².